The van der Waals surface area contributed by atoms with Gasteiger partial charge in [0, 0.05) is 12.2 Å². The van der Waals surface area contributed by atoms with E-state index in [-0.39, 0.29) is 0 Å². The van der Waals surface area contributed by atoms with Gasteiger partial charge in [-0.2, -0.15) is 0 Å². The van der Waals surface area contributed by atoms with Crippen molar-refractivity contribution in [3.8, 4) is 0 Å². The zero-order valence-electron chi connectivity index (χ0n) is 12.0. The maximum Gasteiger partial charge on any atom is 0.335 e. The summed E-state index contributed by atoms with van der Waals surface area (Å²) in [5.74, 6) is -0.895. The minimum absolute atomic E-state index is 0.319. The first-order valence-electron chi connectivity index (χ1n) is 6.61. The van der Waals surface area contributed by atoms with Gasteiger partial charge in [0.1, 0.15) is 0 Å². The number of aromatic carboxylic acids is 1. The number of nitrogens with one attached hydrogen (secondary N) is 1. The van der Waals surface area contributed by atoms with Crippen LogP contribution in [0, 0.1) is 20.8 Å². The Kier molecular flexibility index (Phi) is 4.08. The van der Waals surface area contributed by atoms with Crippen LogP contribution in [0.25, 0.3) is 0 Å². The van der Waals surface area contributed by atoms with E-state index in [2.05, 4.69) is 37.4 Å². The molecule has 0 aliphatic carbocycles. The second-order valence-corrected chi connectivity index (χ2v) is 5.11. The lowest BCUT2D eigenvalue weighted by Gasteiger charge is -2.11. The smallest absolute Gasteiger partial charge is 0.335 e. The van der Waals surface area contributed by atoms with Crippen molar-refractivity contribution in [2.45, 2.75) is 27.3 Å². The molecule has 2 N–H and O–H groups in total. The first-order chi connectivity index (χ1) is 9.47. The molecule has 0 spiro atoms. The van der Waals surface area contributed by atoms with E-state index in [0.29, 0.717) is 5.56 Å². The van der Waals surface area contributed by atoms with Crippen LogP contribution < -0.4 is 5.32 Å². The number of aryl methyl sites for hydroxylation is 3. The van der Waals surface area contributed by atoms with Gasteiger partial charge in [0.15, 0.2) is 0 Å². The molecule has 104 valence electrons. The minimum atomic E-state index is -0.895. The Morgan fingerprint density at radius 1 is 1.00 bits per heavy atom. The number of carboxylic acid groups (broad SMARTS) is 1. The summed E-state index contributed by atoms with van der Waals surface area (Å²) in [7, 11) is 0. The van der Waals surface area contributed by atoms with Crippen LogP contribution in [0.3, 0.4) is 0 Å². The van der Waals surface area contributed by atoms with Crippen LogP contribution in [0.2, 0.25) is 0 Å². The van der Waals surface area contributed by atoms with Crippen LogP contribution in [0.4, 0.5) is 5.69 Å². The Balaban J connectivity index is 2.10. The molecular weight excluding hydrogens is 250 g/mol. The highest BCUT2D eigenvalue weighted by Crippen LogP contribution is 2.18. The van der Waals surface area contributed by atoms with Gasteiger partial charge in [-0.05, 0) is 61.2 Å². The van der Waals surface area contributed by atoms with Gasteiger partial charge in [-0.1, -0.05) is 18.2 Å². The maximum atomic E-state index is 10.9. The summed E-state index contributed by atoms with van der Waals surface area (Å²) in [4.78, 5) is 10.9. The van der Waals surface area contributed by atoms with Gasteiger partial charge in [0.25, 0.3) is 0 Å². The fourth-order valence-electron chi connectivity index (χ4n) is 2.11. The first kappa shape index (κ1) is 14.1. The summed E-state index contributed by atoms with van der Waals surface area (Å²) in [5, 5.41) is 12.3. The molecule has 0 aliphatic rings. The molecule has 0 saturated heterocycles. The summed E-state index contributed by atoms with van der Waals surface area (Å²) < 4.78 is 0. The number of hydrogen-bond acceptors (Lipinski definition) is 2. The third-order valence-electron chi connectivity index (χ3n) is 3.53. The fourth-order valence-corrected chi connectivity index (χ4v) is 2.11. The Morgan fingerprint density at radius 2 is 1.75 bits per heavy atom. The van der Waals surface area contributed by atoms with Crippen LogP contribution >= 0.6 is 0 Å². The summed E-state index contributed by atoms with van der Waals surface area (Å²) in [6.45, 7) is 6.84. The second-order valence-electron chi connectivity index (χ2n) is 5.11. The van der Waals surface area contributed by atoms with Gasteiger partial charge in [0.2, 0.25) is 0 Å². The molecule has 0 amide bonds. The third kappa shape index (κ3) is 3.18. The Bertz CT molecular complexity index is 647. The molecule has 2 aromatic carbocycles. The molecule has 0 aliphatic heterocycles. The van der Waals surface area contributed by atoms with Crippen LogP contribution in [0.15, 0.2) is 36.4 Å². The SMILES string of the molecule is Cc1ccc(CNc2ccc(C(=O)O)cc2C)cc1C. The molecule has 2 rings (SSSR count). The quantitative estimate of drug-likeness (QED) is 0.884. The number of rotatable bonds is 4. The molecule has 0 atom stereocenters. The molecule has 20 heavy (non-hydrogen) atoms. The Hall–Kier alpha value is -2.29. The van der Waals surface area contributed by atoms with Crippen molar-refractivity contribution in [3.63, 3.8) is 0 Å². The summed E-state index contributed by atoms with van der Waals surface area (Å²) in [6.07, 6.45) is 0. The van der Waals surface area contributed by atoms with Gasteiger partial charge in [-0.15, -0.1) is 0 Å². The second kappa shape index (κ2) is 5.78. The highest BCUT2D eigenvalue weighted by Gasteiger charge is 2.05. The summed E-state index contributed by atoms with van der Waals surface area (Å²) in [5.41, 5.74) is 6.01. The van der Waals surface area contributed by atoms with E-state index in [1.165, 1.54) is 16.7 Å². The molecule has 0 aromatic heterocycles. The average Bonchev–Trinajstić information content (AvgIpc) is 2.41. The van der Waals surface area contributed by atoms with E-state index in [1.807, 2.05) is 13.0 Å². The van der Waals surface area contributed by atoms with E-state index in [9.17, 15) is 4.79 Å². The fraction of sp³-hybridized carbons (Fsp3) is 0.235. The summed E-state index contributed by atoms with van der Waals surface area (Å²) in [6, 6.07) is 11.5. The number of hydrogen-bond donors (Lipinski definition) is 2. The standard InChI is InChI=1S/C17H19NO2/c1-11-4-5-14(8-12(11)2)10-18-16-7-6-15(17(19)20)9-13(16)3/h4-9,18H,10H2,1-3H3,(H,19,20). The van der Waals surface area contributed by atoms with Crippen LogP contribution in [-0.4, -0.2) is 11.1 Å². The molecule has 0 bridgehead atoms. The normalized spacial score (nSPS) is 10.3. The van der Waals surface area contributed by atoms with Crippen molar-refractivity contribution in [2.24, 2.45) is 0 Å². The topological polar surface area (TPSA) is 49.3 Å². The van der Waals surface area contributed by atoms with Crippen LogP contribution in [0.1, 0.15) is 32.6 Å². The summed E-state index contributed by atoms with van der Waals surface area (Å²) >= 11 is 0. The highest BCUT2D eigenvalue weighted by molar-refractivity contribution is 5.88. The predicted molar refractivity (Wildman–Crippen MR) is 81.4 cm³/mol. The molecule has 0 fully saturated rings. The van der Waals surface area contributed by atoms with Gasteiger partial charge in [0.05, 0.1) is 5.56 Å². The van der Waals surface area contributed by atoms with Crippen molar-refractivity contribution in [2.75, 3.05) is 5.32 Å². The van der Waals surface area contributed by atoms with Crippen molar-refractivity contribution >= 4 is 11.7 Å². The van der Waals surface area contributed by atoms with Gasteiger partial charge >= 0.3 is 5.97 Å². The van der Waals surface area contributed by atoms with Crippen LogP contribution in [0.5, 0.6) is 0 Å². The molecule has 3 heteroatoms. The van der Waals surface area contributed by atoms with E-state index in [4.69, 9.17) is 5.11 Å². The Morgan fingerprint density at radius 3 is 2.35 bits per heavy atom. The molecule has 0 unspecified atom stereocenters. The van der Waals surface area contributed by atoms with Gasteiger partial charge in [-0.25, -0.2) is 4.79 Å². The molecule has 2 aromatic rings. The predicted octanol–water partition coefficient (Wildman–Crippen LogP) is 3.92. The zero-order valence-corrected chi connectivity index (χ0v) is 12.0. The number of benzene rings is 2. The molecule has 3 nitrogen and oxygen atoms in total. The monoisotopic (exact) mass is 269 g/mol. The highest BCUT2D eigenvalue weighted by atomic mass is 16.4. The average molecular weight is 269 g/mol. The number of carbonyl (C=O) groups is 1. The van der Waals surface area contributed by atoms with Gasteiger partial charge in [-0.3, -0.25) is 0 Å². The first-order valence-corrected chi connectivity index (χ1v) is 6.61. The van der Waals surface area contributed by atoms with E-state index in [0.717, 1.165) is 17.8 Å². The number of anilines is 1. The third-order valence-corrected chi connectivity index (χ3v) is 3.53. The molecule has 0 saturated carbocycles. The van der Waals surface area contributed by atoms with E-state index in [1.54, 1.807) is 12.1 Å². The van der Waals surface area contributed by atoms with E-state index >= 15 is 0 Å². The largest absolute Gasteiger partial charge is 0.478 e. The van der Waals surface area contributed by atoms with E-state index < -0.39 is 5.97 Å². The zero-order chi connectivity index (χ0) is 14.7. The van der Waals surface area contributed by atoms with Crippen molar-refractivity contribution < 1.29 is 9.90 Å². The molecule has 0 radical (unpaired) electrons. The van der Waals surface area contributed by atoms with Gasteiger partial charge < -0.3 is 10.4 Å². The lowest BCUT2D eigenvalue weighted by molar-refractivity contribution is 0.0697. The Labute approximate surface area is 119 Å². The van der Waals surface area contributed by atoms with Crippen molar-refractivity contribution in [1.82, 2.24) is 0 Å². The minimum Gasteiger partial charge on any atom is -0.478 e. The lowest BCUT2D eigenvalue weighted by atomic mass is 10.1. The molecular formula is C17H19NO2. The number of carboxylic acids is 1. The van der Waals surface area contributed by atoms with Crippen molar-refractivity contribution in [3.05, 3.63) is 64.2 Å². The van der Waals surface area contributed by atoms with Crippen LogP contribution in [-0.2, 0) is 6.54 Å². The molecule has 0 heterocycles. The maximum absolute atomic E-state index is 10.9. The van der Waals surface area contributed by atoms with Crippen molar-refractivity contribution in [1.29, 1.82) is 0 Å². The lowest BCUT2D eigenvalue weighted by Crippen LogP contribution is -2.03.